The number of fused-ring (bicyclic) bond motifs is 1. The van der Waals surface area contributed by atoms with Gasteiger partial charge in [0.1, 0.15) is 17.4 Å². The quantitative estimate of drug-likeness (QED) is 0.365. The van der Waals surface area contributed by atoms with Crippen molar-refractivity contribution in [1.82, 2.24) is 20.5 Å². The average molecular weight is 477 g/mol. The number of rotatable bonds is 9. The predicted octanol–water partition coefficient (Wildman–Crippen LogP) is 4.71. The number of hydrogen-bond acceptors (Lipinski definition) is 6. The van der Waals surface area contributed by atoms with Crippen molar-refractivity contribution in [2.45, 2.75) is 46.3 Å². The van der Waals surface area contributed by atoms with Crippen LogP contribution in [0, 0.1) is 12.8 Å². The molecule has 0 aliphatic rings. The normalized spacial score (nSPS) is 12.1. The van der Waals surface area contributed by atoms with Crippen LogP contribution in [0.3, 0.4) is 0 Å². The van der Waals surface area contributed by atoms with Gasteiger partial charge in [0.05, 0.1) is 18.0 Å². The van der Waals surface area contributed by atoms with E-state index in [2.05, 4.69) is 40.4 Å². The summed E-state index contributed by atoms with van der Waals surface area (Å²) >= 11 is 1.04. The Bertz CT molecular complexity index is 1330. The molecule has 0 aliphatic heterocycles. The van der Waals surface area contributed by atoms with E-state index < -0.39 is 0 Å². The molecular weight excluding hydrogens is 448 g/mol. The Hall–Kier alpha value is -3.52. The first-order valence-corrected chi connectivity index (χ1v) is 12.1. The van der Waals surface area contributed by atoms with Crippen molar-refractivity contribution < 1.29 is 9.53 Å². The molecule has 176 valence electrons. The Balaban J connectivity index is 1.37. The Morgan fingerprint density at radius 1 is 1.15 bits per heavy atom. The molecule has 0 radical (unpaired) electrons. The third-order valence-electron chi connectivity index (χ3n) is 5.41. The number of nitrogens with one attached hydrogen (secondary N) is 2. The summed E-state index contributed by atoms with van der Waals surface area (Å²) in [6.07, 6.45) is 0.949. The van der Waals surface area contributed by atoms with Crippen LogP contribution in [0.4, 0.5) is 0 Å². The highest BCUT2D eigenvalue weighted by Crippen LogP contribution is 2.23. The second kappa shape index (κ2) is 10.6. The molecule has 0 fully saturated rings. The topological polar surface area (TPSA) is 97.0 Å². The molecule has 0 bridgehead atoms. The SMILES string of the molecule is Cc1cc(COc2ccc(CC(=O)NC(CC(C)C)c3n[nH]c(=O)s3)cc2)c2ccccc2n1. The Morgan fingerprint density at radius 3 is 2.62 bits per heavy atom. The van der Waals surface area contributed by atoms with E-state index in [9.17, 15) is 9.59 Å². The van der Waals surface area contributed by atoms with Gasteiger partial charge in [-0.1, -0.05) is 55.5 Å². The van der Waals surface area contributed by atoms with E-state index >= 15 is 0 Å². The molecule has 8 heteroatoms. The van der Waals surface area contributed by atoms with Gasteiger partial charge in [0.15, 0.2) is 0 Å². The van der Waals surface area contributed by atoms with E-state index in [0.29, 0.717) is 24.0 Å². The summed E-state index contributed by atoms with van der Waals surface area (Å²) in [6, 6.07) is 17.4. The largest absolute Gasteiger partial charge is 0.489 e. The van der Waals surface area contributed by atoms with Gasteiger partial charge in [0.2, 0.25) is 5.91 Å². The molecule has 0 spiro atoms. The van der Waals surface area contributed by atoms with Gasteiger partial charge in [0, 0.05) is 16.6 Å². The smallest absolute Gasteiger partial charge is 0.322 e. The molecule has 0 saturated heterocycles. The summed E-state index contributed by atoms with van der Waals surface area (Å²) in [4.78, 5) is 28.5. The van der Waals surface area contributed by atoms with Crippen molar-refractivity contribution in [2.24, 2.45) is 5.92 Å². The first kappa shape index (κ1) is 23.6. The number of benzene rings is 2. The number of aryl methyl sites for hydroxylation is 1. The molecule has 7 nitrogen and oxygen atoms in total. The number of aromatic amines is 1. The summed E-state index contributed by atoms with van der Waals surface area (Å²) in [5.74, 6) is 0.976. The van der Waals surface area contributed by atoms with E-state index in [0.717, 1.165) is 44.8 Å². The Labute approximate surface area is 202 Å². The molecule has 4 rings (SSSR count). The Kier molecular flexibility index (Phi) is 7.37. The fraction of sp³-hybridized carbons (Fsp3) is 0.308. The summed E-state index contributed by atoms with van der Waals surface area (Å²) < 4.78 is 6.02. The minimum absolute atomic E-state index is 0.110. The third-order valence-corrected chi connectivity index (χ3v) is 6.27. The number of ether oxygens (including phenoxy) is 1. The first-order valence-electron chi connectivity index (χ1n) is 11.3. The number of para-hydroxylation sites is 1. The van der Waals surface area contributed by atoms with Crippen LogP contribution in [0.25, 0.3) is 10.9 Å². The molecule has 2 aromatic carbocycles. The second-order valence-corrected chi connectivity index (χ2v) is 9.74. The van der Waals surface area contributed by atoms with Gasteiger partial charge < -0.3 is 10.1 Å². The Morgan fingerprint density at radius 2 is 1.91 bits per heavy atom. The fourth-order valence-corrected chi connectivity index (χ4v) is 4.56. The molecular formula is C26H28N4O3S. The van der Waals surface area contributed by atoms with Crippen LogP contribution in [0.2, 0.25) is 0 Å². The third kappa shape index (κ3) is 6.08. The van der Waals surface area contributed by atoms with Gasteiger partial charge in [-0.15, -0.1) is 0 Å². The summed E-state index contributed by atoms with van der Waals surface area (Å²) in [5, 5.41) is 11.2. The van der Waals surface area contributed by atoms with Crippen molar-refractivity contribution in [3.8, 4) is 5.75 Å². The van der Waals surface area contributed by atoms with E-state index in [1.165, 1.54) is 0 Å². The lowest BCUT2D eigenvalue weighted by Gasteiger charge is -2.18. The van der Waals surface area contributed by atoms with Crippen LogP contribution in [0.1, 0.15) is 48.1 Å². The molecule has 2 aromatic heterocycles. The summed E-state index contributed by atoms with van der Waals surface area (Å²) in [7, 11) is 0. The van der Waals surface area contributed by atoms with Gasteiger partial charge >= 0.3 is 4.87 Å². The van der Waals surface area contributed by atoms with E-state index in [1.807, 2.05) is 55.5 Å². The molecule has 1 amide bonds. The van der Waals surface area contributed by atoms with Gasteiger partial charge in [0.25, 0.3) is 0 Å². The summed E-state index contributed by atoms with van der Waals surface area (Å²) in [5.41, 5.74) is 3.88. The average Bonchev–Trinajstić information content (AvgIpc) is 3.24. The molecule has 1 unspecified atom stereocenters. The lowest BCUT2D eigenvalue weighted by atomic mass is 10.0. The van der Waals surface area contributed by atoms with Crippen LogP contribution < -0.4 is 14.9 Å². The van der Waals surface area contributed by atoms with Crippen LogP contribution in [-0.4, -0.2) is 21.1 Å². The second-order valence-electron chi connectivity index (χ2n) is 8.75. The molecule has 0 aliphatic carbocycles. The number of amides is 1. The maximum Gasteiger partial charge on any atom is 0.322 e. The van der Waals surface area contributed by atoms with Gasteiger partial charge in [-0.3, -0.25) is 14.6 Å². The highest BCUT2D eigenvalue weighted by molar-refractivity contribution is 7.08. The molecule has 34 heavy (non-hydrogen) atoms. The maximum absolute atomic E-state index is 12.7. The number of H-pyrrole nitrogens is 1. The monoisotopic (exact) mass is 476 g/mol. The zero-order chi connectivity index (χ0) is 24.1. The van der Waals surface area contributed by atoms with Crippen LogP contribution in [-0.2, 0) is 17.8 Å². The van der Waals surface area contributed by atoms with Crippen LogP contribution >= 0.6 is 11.3 Å². The van der Waals surface area contributed by atoms with Gasteiger partial charge in [-0.05, 0) is 49.1 Å². The van der Waals surface area contributed by atoms with Gasteiger partial charge in [-0.2, -0.15) is 5.10 Å². The van der Waals surface area contributed by atoms with E-state index in [4.69, 9.17) is 4.74 Å². The zero-order valence-electron chi connectivity index (χ0n) is 19.5. The number of nitrogens with zero attached hydrogens (tertiary/aromatic N) is 2. The molecule has 2 N–H and O–H groups in total. The minimum atomic E-state index is -0.280. The number of aromatic nitrogens is 3. The minimum Gasteiger partial charge on any atom is -0.489 e. The van der Waals surface area contributed by atoms with Crippen molar-refractivity contribution in [3.05, 3.63) is 86.1 Å². The van der Waals surface area contributed by atoms with Crippen molar-refractivity contribution in [3.63, 3.8) is 0 Å². The van der Waals surface area contributed by atoms with Crippen molar-refractivity contribution in [2.75, 3.05) is 0 Å². The van der Waals surface area contributed by atoms with Crippen molar-refractivity contribution in [1.29, 1.82) is 0 Å². The van der Waals surface area contributed by atoms with Gasteiger partial charge in [-0.25, -0.2) is 5.10 Å². The fourth-order valence-electron chi connectivity index (χ4n) is 3.89. The van der Waals surface area contributed by atoms with E-state index in [-0.39, 0.29) is 23.2 Å². The van der Waals surface area contributed by atoms with Crippen LogP contribution in [0.15, 0.2) is 59.4 Å². The molecule has 0 saturated carbocycles. The maximum atomic E-state index is 12.7. The molecule has 1 atom stereocenters. The number of pyridine rings is 1. The van der Waals surface area contributed by atoms with E-state index in [1.54, 1.807) is 0 Å². The molecule has 2 heterocycles. The van der Waals surface area contributed by atoms with Crippen LogP contribution in [0.5, 0.6) is 5.75 Å². The standard InChI is InChI=1S/C26H28N4O3S/c1-16(2)12-23(25-29-30-26(32)34-25)28-24(31)14-18-8-10-20(11-9-18)33-15-19-13-17(3)27-22-7-5-4-6-21(19)22/h4-11,13,16,23H,12,14-15H2,1-3H3,(H,28,31)(H,30,32). The lowest BCUT2D eigenvalue weighted by molar-refractivity contribution is -0.121. The lowest BCUT2D eigenvalue weighted by Crippen LogP contribution is -2.30. The highest BCUT2D eigenvalue weighted by atomic mass is 32.1. The zero-order valence-corrected chi connectivity index (χ0v) is 20.3. The molecule has 4 aromatic rings. The predicted molar refractivity (Wildman–Crippen MR) is 134 cm³/mol. The number of carbonyl (C=O) groups excluding carboxylic acids is 1. The van der Waals surface area contributed by atoms with Crippen molar-refractivity contribution >= 4 is 28.1 Å². The first-order chi connectivity index (χ1) is 16.4. The number of hydrogen-bond donors (Lipinski definition) is 2. The summed E-state index contributed by atoms with van der Waals surface area (Å²) in [6.45, 7) is 6.56. The highest BCUT2D eigenvalue weighted by Gasteiger charge is 2.20. The number of carbonyl (C=O) groups is 1.